The first-order valence-electron chi connectivity index (χ1n) is 7.04. The van der Waals surface area contributed by atoms with E-state index < -0.39 is 0 Å². The molecule has 1 aromatic rings. The van der Waals surface area contributed by atoms with E-state index >= 15 is 0 Å². The Morgan fingerprint density at radius 2 is 2.21 bits per heavy atom. The average Bonchev–Trinajstić information content (AvgIpc) is 3.28. The zero-order valence-corrected chi connectivity index (χ0v) is 11.1. The van der Waals surface area contributed by atoms with Crippen LogP contribution in [0.2, 0.25) is 0 Å². The molecule has 3 nitrogen and oxygen atoms in total. The van der Waals surface area contributed by atoms with E-state index in [0.29, 0.717) is 12.6 Å². The Balaban J connectivity index is 1.85. The largest absolute Gasteiger partial charge is 0.334 e. The van der Waals surface area contributed by atoms with Crippen molar-refractivity contribution < 1.29 is 4.79 Å². The molecule has 1 unspecified atom stereocenters. The maximum absolute atomic E-state index is 12.7. The molecule has 1 heterocycles. The fourth-order valence-corrected chi connectivity index (χ4v) is 2.84. The Morgan fingerprint density at radius 3 is 2.95 bits per heavy atom. The summed E-state index contributed by atoms with van der Waals surface area (Å²) in [6.07, 6.45) is 5.09. The molecule has 19 heavy (non-hydrogen) atoms. The molecule has 0 bridgehead atoms. The molecular formula is C16H20N2O. The van der Waals surface area contributed by atoms with E-state index in [1.807, 2.05) is 23.1 Å². The van der Waals surface area contributed by atoms with Crippen molar-refractivity contribution in [2.75, 3.05) is 13.1 Å². The minimum absolute atomic E-state index is 0.175. The Labute approximate surface area is 114 Å². The molecule has 1 aliphatic carbocycles. The molecule has 1 atom stereocenters. The first-order valence-corrected chi connectivity index (χ1v) is 7.04. The molecule has 3 rings (SSSR count). The van der Waals surface area contributed by atoms with Gasteiger partial charge in [0.25, 0.3) is 0 Å². The van der Waals surface area contributed by atoms with Crippen LogP contribution in [-0.2, 0) is 11.2 Å². The molecule has 0 saturated heterocycles. The molecule has 1 saturated carbocycles. The lowest BCUT2D eigenvalue weighted by Crippen LogP contribution is -2.44. The summed E-state index contributed by atoms with van der Waals surface area (Å²) in [5, 5.41) is 3.37. The topological polar surface area (TPSA) is 32.3 Å². The minimum Gasteiger partial charge on any atom is -0.334 e. The molecule has 1 aromatic carbocycles. The summed E-state index contributed by atoms with van der Waals surface area (Å²) in [6.45, 7) is 5.30. The lowest BCUT2D eigenvalue weighted by molar-refractivity contribution is -0.133. The highest BCUT2D eigenvalue weighted by Crippen LogP contribution is 2.31. The van der Waals surface area contributed by atoms with E-state index in [9.17, 15) is 4.79 Å². The van der Waals surface area contributed by atoms with Crippen LogP contribution in [0.4, 0.5) is 0 Å². The van der Waals surface area contributed by atoms with Crippen LogP contribution in [0, 0.1) is 0 Å². The fourth-order valence-electron chi connectivity index (χ4n) is 2.84. The van der Waals surface area contributed by atoms with Gasteiger partial charge in [0.2, 0.25) is 5.91 Å². The van der Waals surface area contributed by atoms with Gasteiger partial charge in [-0.05, 0) is 30.4 Å². The molecule has 1 aliphatic heterocycles. The predicted octanol–water partition coefficient (Wildman–Crippen LogP) is 2.05. The van der Waals surface area contributed by atoms with Crippen molar-refractivity contribution in [1.29, 1.82) is 0 Å². The van der Waals surface area contributed by atoms with E-state index in [1.54, 1.807) is 0 Å². The lowest BCUT2D eigenvalue weighted by atomic mass is 9.93. The van der Waals surface area contributed by atoms with Gasteiger partial charge in [-0.1, -0.05) is 30.3 Å². The summed E-state index contributed by atoms with van der Waals surface area (Å²) < 4.78 is 0. The summed E-state index contributed by atoms with van der Waals surface area (Å²) >= 11 is 0. The Kier molecular flexibility index (Phi) is 3.38. The number of carbonyl (C=O) groups excluding carboxylic acids is 1. The summed E-state index contributed by atoms with van der Waals surface area (Å²) in [5.41, 5.74) is 2.45. The molecule has 3 heteroatoms. The third-order valence-corrected chi connectivity index (χ3v) is 3.95. The van der Waals surface area contributed by atoms with Crippen LogP contribution in [-0.4, -0.2) is 29.9 Å². The smallest absolute Gasteiger partial charge is 0.244 e. The van der Waals surface area contributed by atoms with Gasteiger partial charge in [0.15, 0.2) is 0 Å². The standard InChI is InChI=1S/C16H20N2O/c1-2-11-18(13-7-8-13)16(19)15-14-6-4-3-5-12(14)9-10-17-15/h2-6,13,15,17H,1,7-11H2. The number of nitrogens with one attached hydrogen (secondary N) is 1. The zero-order valence-electron chi connectivity index (χ0n) is 11.1. The molecule has 0 aromatic heterocycles. The first-order chi connectivity index (χ1) is 9.31. The number of rotatable bonds is 4. The summed E-state index contributed by atoms with van der Waals surface area (Å²) in [7, 11) is 0. The van der Waals surface area contributed by atoms with Gasteiger partial charge in [-0.15, -0.1) is 6.58 Å². The number of amides is 1. The summed E-state index contributed by atoms with van der Waals surface area (Å²) in [5.74, 6) is 0.203. The van der Waals surface area contributed by atoms with Gasteiger partial charge >= 0.3 is 0 Å². The number of fused-ring (bicyclic) bond motifs is 1. The van der Waals surface area contributed by atoms with Gasteiger partial charge in [0.1, 0.15) is 6.04 Å². The average molecular weight is 256 g/mol. The molecular weight excluding hydrogens is 236 g/mol. The second kappa shape index (κ2) is 5.17. The predicted molar refractivity (Wildman–Crippen MR) is 75.8 cm³/mol. The highest BCUT2D eigenvalue weighted by atomic mass is 16.2. The molecule has 1 fully saturated rings. The van der Waals surface area contributed by atoms with Crippen LogP contribution in [0.15, 0.2) is 36.9 Å². The van der Waals surface area contributed by atoms with Crippen molar-refractivity contribution in [2.24, 2.45) is 0 Å². The molecule has 2 aliphatic rings. The Morgan fingerprint density at radius 1 is 1.42 bits per heavy atom. The summed E-state index contributed by atoms with van der Waals surface area (Å²) in [6, 6.07) is 8.52. The second-order valence-corrected chi connectivity index (χ2v) is 5.35. The normalized spacial score (nSPS) is 21.6. The Bertz CT molecular complexity index is 493. The second-order valence-electron chi connectivity index (χ2n) is 5.35. The van der Waals surface area contributed by atoms with E-state index in [0.717, 1.165) is 31.4 Å². The number of nitrogens with zero attached hydrogens (tertiary/aromatic N) is 1. The van der Waals surface area contributed by atoms with Crippen LogP contribution in [0.1, 0.15) is 30.0 Å². The van der Waals surface area contributed by atoms with Gasteiger partial charge in [-0.2, -0.15) is 0 Å². The maximum atomic E-state index is 12.7. The van der Waals surface area contributed by atoms with Gasteiger partial charge < -0.3 is 10.2 Å². The van der Waals surface area contributed by atoms with Crippen molar-refractivity contribution in [3.05, 3.63) is 48.0 Å². The van der Waals surface area contributed by atoms with E-state index in [4.69, 9.17) is 0 Å². The monoisotopic (exact) mass is 256 g/mol. The van der Waals surface area contributed by atoms with Gasteiger partial charge in [-0.3, -0.25) is 4.79 Å². The molecule has 1 N–H and O–H groups in total. The van der Waals surface area contributed by atoms with Crippen molar-refractivity contribution in [3.8, 4) is 0 Å². The molecule has 0 radical (unpaired) electrons. The Hall–Kier alpha value is -1.61. The molecule has 1 amide bonds. The van der Waals surface area contributed by atoms with Crippen LogP contribution < -0.4 is 5.32 Å². The third kappa shape index (κ3) is 2.43. The number of hydrogen-bond donors (Lipinski definition) is 1. The van der Waals surface area contributed by atoms with Crippen LogP contribution in [0.5, 0.6) is 0 Å². The quantitative estimate of drug-likeness (QED) is 0.836. The van der Waals surface area contributed by atoms with Crippen LogP contribution in [0.3, 0.4) is 0 Å². The number of carbonyl (C=O) groups is 1. The zero-order chi connectivity index (χ0) is 13.2. The van der Waals surface area contributed by atoms with Gasteiger partial charge in [0, 0.05) is 19.1 Å². The first kappa shape index (κ1) is 12.4. The van der Waals surface area contributed by atoms with Crippen molar-refractivity contribution in [1.82, 2.24) is 10.2 Å². The van der Waals surface area contributed by atoms with E-state index in [-0.39, 0.29) is 11.9 Å². The van der Waals surface area contributed by atoms with Gasteiger partial charge in [0.05, 0.1) is 0 Å². The van der Waals surface area contributed by atoms with Crippen LogP contribution >= 0.6 is 0 Å². The van der Waals surface area contributed by atoms with E-state index in [1.165, 1.54) is 5.56 Å². The molecule has 100 valence electrons. The highest BCUT2D eigenvalue weighted by Gasteiger charge is 2.36. The highest BCUT2D eigenvalue weighted by molar-refractivity contribution is 5.84. The van der Waals surface area contributed by atoms with Gasteiger partial charge in [-0.25, -0.2) is 0 Å². The minimum atomic E-state index is -0.175. The maximum Gasteiger partial charge on any atom is 0.244 e. The lowest BCUT2D eigenvalue weighted by Gasteiger charge is -2.31. The number of hydrogen-bond acceptors (Lipinski definition) is 2. The van der Waals surface area contributed by atoms with E-state index in [2.05, 4.69) is 24.0 Å². The SMILES string of the molecule is C=CCN(C(=O)C1NCCc2ccccc21)C1CC1. The number of benzene rings is 1. The third-order valence-electron chi connectivity index (χ3n) is 3.95. The van der Waals surface area contributed by atoms with Crippen molar-refractivity contribution >= 4 is 5.91 Å². The van der Waals surface area contributed by atoms with Crippen molar-refractivity contribution in [3.63, 3.8) is 0 Å². The fraction of sp³-hybridized carbons (Fsp3) is 0.438. The summed E-state index contributed by atoms with van der Waals surface area (Å²) in [4.78, 5) is 14.7. The van der Waals surface area contributed by atoms with Crippen LogP contribution in [0.25, 0.3) is 0 Å². The molecule has 0 spiro atoms. The van der Waals surface area contributed by atoms with Crippen molar-refractivity contribution in [2.45, 2.75) is 31.3 Å².